The molecule has 1 aliphatic carbocycles. The highest BCUT2D eigenvalue weighted by Gasteiger charge is 2.44. The first kappa shape index (κ1) is 24.4. The summed E-state index contributed by atoms with van der Waals surface area (Å²) in [6.45, 7) is 3.54. The van der Waals surface area contributed by atoms with Crippen LogP contribution in [0.25, 0.3) is 0 Å². The molecule has 36 heavy (non-hydrogen) atoms. The fourth-order valence-corrected chi connectivity index (χ4v) is 5.83. The highest BCUT2D eigenvalue weighted by molar-refractivity contribution is 5.99. The predicted molar refractivity (Wildman–Crippen MR) is 127 cm³/mol. The number of nitrogens with one attached hydrogen (secondary N) is 1. The summed E-state index contributed by atoms with van der Waals surface area (Å²) in [5.74, 6) is -3.30. The molecule has 0 spiro atoms. The van der Waals surface area contributed by atoms with E-state index in [1.807, 2.05) is 0 Å². The van der Waals surface area contributed by atoms with Crippen molar-refractivity contribution in [1.82, 2.24) is 19.7 Å². The summed E-state index contributed by atoms with van der Waals surface area (Å²) in [5, 5.41) is 13.2. The van der Waals surface area contributed by atoms with Crippen molar-refractivity contribution in [3.8, 4) is 5.75 Å². The maximum atomic E-state index is 13.9. The number of halogens is 2. The summed E-state index contributed by atoms with van der Waals surface area (Å²) in [7, 11) is 0. The molecule has 2 fully saturated rings. The number of pyridine rings is 1. The number of nitrogens with zero attached hydrogens (tertiary/aromatic N) is 3. The summed E-state index contributed by atoms with van der Waals surface area (Å²) >= 11 is 0. The van der Waals surface area contributed by atoms with Crippen LogP contribution in [0, 0.1) is 17.6 Å². The maximum absolute atomic E-state index is 13.9. The molecule has 8 nitrogen and oxygen atoms in total. The second kappa shape index (κ2) is 9.65. The van der Waals surface area contributed by atoms with Crippen LogP contribution in [-0.4, -0.2) is 56.6 Å². The lowest BCUT2D eigenvalue weighted by Gasteiger charge is -2.52. The lowest BCUT2D eigenvalue weighted by Crippen LogP contribution is -2.65. The van der Waals surface area contributed by atoms with Gasteiger partial charge in [-0.1, -0.05) is 32.3 Å². The van der Waals surface area contributed by atoms with E-state index < -0.39 is 34.6 Å². The average molecular weight is 501 g/mol. The molecule has 10 heteroatoms. The third-order valence-corrected chi connectivity index (χ3v) is 7.60. The minimum atomic E-state index is -0.959. The molecule has 1 saturated heterocycles. The Balaban J connectivity index is 1.43. The van der Waals surface area contributed by atoms with E-state index in [1.54, 1.807) is 4.90 Å². The monoisotopic (exact) mass is 500 g/mol. The normalized spacial score (nSPS) is 22.8. The predicted octanol–water partition coefficient (Wildman–Crippen LogP) is 2.83. The van der Waals surface area contributed by atoms with Crippen molar-refractivity contribution in [2.24, 2.45) is 5.92 Å². The van der Waals surface area contributed by atoms with Gasteiger partial charge < -0.3 is 19.9 Å². The number of benzene rings is 1. The van der Waals surface area contributed by atoms with E-state index in [-0.39, 0.29) is 35.4 Å². The van der Waals surface area contributed by atoms with Crippen molar-refractivity contribution in [2.45, 2.75) is 64.3 Å². The van der Waals surface area contributed by atoms with Crippen LogP contribution < -0.4 is 10.7 Å². The number of fused-ring (bicyclic) bond motifs is 2. The Hall–Kier alpha value is -3.27. The van der Waals surface area contributed by atoms with Gasteiger partial charge in [-0.3, -0.25) is 19.3 Å². The Morgan fingerprint density at radius 3 is 2.58 bits per heavy atom. The molecule has 0 bridgehead atoms. The van der Waals surface area contributed by atoms with Gasteiger partial charge in [0.15, 0.2) is 11.4 Å². The molecule has 2 aromatic rings. The molecule has 1 unspecified atom stereocenters. The average Bonchev–Trinajstić information content (AvgIpc) is 2.86. The second-order valence-electron chi connectivity index (χ2n) is 10.2. The largest absolute Gasteiger partial charge is 0.503 e. The summed E-state index contributed by atoms with van der Waals surface area (Å²) < 4.78 is 28.6. The zero-order chi connectivity index (χ0) is 25.6. The lowest BCUT2D eigenvalue weighted by atomic mass is 9.91. The Labute approximate surface area is 207 Å². The molecule has 2 amide bonds. The van der Waals surface area contributed by atoms with E-state index >= 15 is 0 Å². The quantitative estimate of drug-likeness (QED) is 0.673. The van der Waals surface area contributed by atoms with Crippen LogP contribution in [0.3, 0.4) is 0 Å². The van der Waals surface area contributed by atoms with Crippen molar-refractivity contribution in [2.75, 3.05) is 13.1 Å². The third-order valence-electron chi connectivity index (χ3n) is 7.60. The van der Waals surface area contributed by atoms with E-state index in [1.165, 1.54) is 23.3 Å². The Morgan fingerprint density at radius 1 is 1.11 bits per heavy atom. The van der Waals surface area contributed by atoms with Gasteiger partial charge in [-0.05, 0) is 24.8 Å². The standard InChI is InChI=1S/C26H30F2N4O4/c1-15-11-31(18-5-3-2-4-6-18)21-14-30-13-19(23(33)24(34)22(30)26(36)32(21)12-15)25(35)29-10-16-7-8-17(27)9-20(16)28/h7-9,13,15,18,21,34H,2-6,10-12,14H2,1H3,(H,29,35)/t15-,21?/m1/s1. The van der Waals surface area contributed by atoms with Crippen LogP contribution in [0.1, 0.15) is 65.4 Å². The first-order valence-electron chi connectivity index (χ1n) is 12.5. The molecule has 2 aliphatic heterocycles. The number of rotatable bonds is 4. The van der Waals surface area contributed by atoms with Crippen LogP contribution in [0.4, 0.5) is 8.78 Å². The van der Waals surface area contributed by atoms with Crippen molar-refractivity contribution in [3.05, 3.63) is 63.1 Å². The third kappa shape index (κ3) is 4.38. The molecule has 0 radical (unpaired) electrons. The van der Waals surface area contributed by atoms with E-state index in [0.29, 0.717) is 25.2 Å². The number of aromatic hydroxyl groups is 1. The number of hydrogen-bond acceptors (Lipinski definition) is 5. The molecule has 5 rings (SSSR count). The molecular formula is C26H30F2N4O4. The Bertz CT molecular complexity index is 1260. The van der Waals surface area contributed by atoms with Crippen LogP contribution in [0.2, 0.25) is 0 Å². The molecule has 1 aromatic heterocycles. The van der Waals surface area contributed by atoms with Gasteiger partial charge in [0, 0.05) is 43.5 Å². The van der Waals surface area contributed by atoms with E-state index in [0.717, 1.165) is 38.3 Å². The summed E-state index contributed by atoms with van der Waals surface area (Å²) in [4.78, 5) is 43.3. The number of hydrogen-bond donors (Lipinski definition) is 2. The highest BCUT2D eigenvalue weighted by atomic mass is 19.1. The zero-order valence-electron chi connectivity index (χ0n) is 20.2. The molecule has 192 valence electrons. The van der Waals surface area contributed by atoms with Gasteiger partial charge in [0.2, 0.25) is 5.43 Å². The van der Waals surface area contributed by atoms with Gasteiger partial charge in [0.05, 0.1) is 6.54 Å². The van der Waals surface area contributed by atoms with Crippen molar-refractivity contribution >= 4 is 11.8 Å². The minimum Gasteiger partial charge on any atom is -0.503 e. The summed E-state index contributed by atoms with van der Waals surface area (Å²) in [6.07, 6.45) is 6.74. The molecule has 1 saturated carbocycles. The highest BCUT2D eigenvalue weighted by Crippen LogP contribution is 2.34. The smallest absolute Gasteiger partial charge is 0.275 e. The van der Waals surface area contributed by atoms with E-state index in [4.69, 9.17) is 0 Å². The van der Waals surface area contributed by atoms with Gasteiger partial charge in [-0.25, -0.2) is 8.78 Å². The first-order valence-corrected chi connectivity index (χ1v) is 12.5. The van der Waals surface area contributed by atoms with Gasteiger partial charge in [-0.15, -0.1) is 0 Å². The molecule has 3 heterocycles. The molecule has 1 aromatic carbocycles. The Morgan fingerprint density at radius 2 is 1.86 bits per heavy atom. The van der Waals surface area contributed by atoms with E-state index in [9.17, 15) is 28.3 Å². The van der Waals surface area contributed by atoms with Crippen LogP contribution in [0.5, 0.6) is 5.75 Å². The number of carbonyl (C=O) groups excluding carboxylic acids is 2. The van der Waals surface area contributed by atoms with Crippen molar-refractivity contribution < 1.29 is 23.5 Å². The van der Waals surface area contributed by atoms with Gasteiger partial charge in [0.25, 0.3) is 11.8 Å². The number of aromatic nitrogens is 1. The van der Waals surface area contributed by atoms with Crippen LogP contribution >= 0.6 is 0 Å². The van der Waals surface area contributed by atoms with Crippen LogP contribution in [0.15, 0.2) is 29.2 Å². The van der Waals surface area contributed by atoms with E-state index in [2.05, 4.69) is 17.1 Å². The zero-order valence-corrected chi connectivity index (χ0v) is 20.2. The molecule has 2 N–H and O–H groups in total. The lowest BCUT2D eigenvalue weighted by molar-refractivity contribution is -0.0545. The maximum Gasteiger partial charge on any atom is 0.275 e. The van der Waals surface area contributed by atoms with Gasteiger partial charge in [-0.2, -0.15) is 0 Å². The van der Waals surface area contributed by atoms with Crippen molar-refractivity contribution in [1.29, 1.82) is 0 Å². The topological polar surface area (TPSA) is 94.9 Å². The first-order chi connectivity index (χ1) is 17.2. The van der Waals surface area contributed by atoms with Gasteiger partial charge >= 0.3 is 0 Å². The molecular weight excluding hydrogens is 470 g/mol. The Kier molecular flexibility index (Phi) is 6.55. The van der Waals surface area contributed by atoms with Crippen molar-refractivity contribution in [3.63, 3.8) is 0 Å². The number of carbonyl (C=O) groups is 2. The minimum absolute atomic E-state index is 0.0531. The second-order valence-corrected chi connectivity index (χ2v) is 10.2. The fraction of sp³-hybridized carbons (Fsp3) is 0.500. The van der Waals surface area contributed by atoms with Gasteiger partial charge in [0.1, 0.15) is 23.4 Å². The SMILES string of the molecule is C[C@H]1CN2C(=O)c3c(O)c(=O)c(C(=O)NCc4ccc(F)cc4F)cn3CC2N(C2CCCCC2)C1. The van der Waals surface area contributed by atoms with Crippen LogP contribution in [-0.2, 0) is 13.1 Å². The number of amides is 2. The molecule has 2 atom stereocenters. The summed E-state index contributed by atoms with van der Waals surface area (Å²) in [5.41, 5.74) is -1.36. The molecule has 3 aliphatic rings. The summed E-state index contributed by atoms with van der Waals surface area (Å²) in [6, 6.07) is 3.36. The fourth-order valence-electron chi connectivity index (χ4n) is 5.83.